The fourth-order valence-electron chi connectivity index (χ4n) is 2.36. The Kier molecular flexibility index (Phi) is 7.43. The number of rotatable bonds is 8. The number of nitrogens with one attached hydrogen (secondary N) is 2. The first kappa shape index (κ1) is 22.0. The van der Waals surface area contributed by atoms with Crippen LogP contribution in [-0.2, 0) is 9.59 Å². The summed E-state index contributed by atoms with van der Waals surface area (Å²) < 4.78 is 45.2. The van der Waals surface area contributed by atoms with Gasteiger partial charge in [0.25, 0.3) is 0 Å². The largest absolute Gasteiger partial charge is 0.573 e. The molecule has 0 aromatic heterocycles. The molecule has 0 bridgehead atoms. The summed E-state index contributed by atoms with van der Waals surface area (Å²) >= 11 is 0. The molecule has 0 saturated carbocycles. The van der Waals surface area contributed by atoms with E-state index < -0.39 is 12.3 Å². The number of amides is 2. The van der Waals surface area contributed by atoms with Crippen LogP contribution >= 0.6 is 0 Å². The molecule has 0 aliphatic carbocycles. The number of methoxy groups -OCH3 is 1. The van der Waals surface area contributed by atoms with Crippen LogP contribution < -0.4 is 20.1 Å². The van der Waals surface area contributed by atoms with E-state index in [9.17, 15) is 22.8 Å². The van der Waals surface area contributed by atoms with Gasteiger partial charge in [0.05, 0.1) is 20.2 Å². The smallest absolute Gasteiger partial charge is 0.497 e. The number of nitrogens with zero attached hydrogens (tertiary/aromatic N) is 1. The van der Waals surface area contributed by atoms with E-state index in [0.717, 1.165) is 12.1 Å². The standard InChI is InChI=1S/C19H20F3N3O4/c1-25(11-17(26)23-13-3-7-15(28-2)8-4-13)12-18(27)24-14-5-9-16(10-6-14)29-19(20,21)22/h3-10H,11-12H2,1-2H3,(H,23,26)(H,24,27). The number of hydrogen-bond donors (Lipinski definition) is 2. The lowest BCUT2D eigenvalue weighted by Crippen LogP contribution is -2.36. The van der Waals surface area contributed by atoms with Crippen LogP contribution in [0.15, 0.2) is 48.5 Å². The fourth-order valence-corrected chi connectivity index (χ4v) is 2.36. The predicted octanol–water partition coefficient (Wildman–Crippen LogP) is 3.10. The number of benzene rings is 2. The minimum atomic E-state index is -4.78. The normalized spacial score (nSPS) is 11.1. The summed E-state index contributed by atoms with van der Waals surface area (Å²) in [5.41, 5.74) is 0.899. The van der Waals surface area contributed by atoms with Gasteiger partial charge in [0.15, 0.2) is 0 Å². The molecule has 0 spiro atoms. The molecular weight excluding hydrogens is 391 g/mol. The average molecular weight is 411 g/mol. The average Bonchev–Trinajstić information content (AvgIpc) is 2.62. The van der Waals surface area contributed by atoms with Crippen LogP contribution in [-0.4, -0.2) is 50.3 Å². The summed E-state index contributed by atoms with van der Waals surface area (Å²) in [7, 11) is 3.13. The molecule has 29 heavy (non-hydrogen) atoms. The molecule has 2 rings (SSSR count). The van der Waals surface area contributed by atoms with Crippen LogP contribution in [0.3, 0.4) is 0 Å². The number of hydrogen-bond acceptors (Lipinski definition) is 5. The highest BCUT2D eigenvalue weighted by molar-refractivity contribution is 5.94. The molecule has 2 amide bonds. The van der Waals surface area contributed by atoms with Crippen LogP contribution in [0.25, 0.3) is 0 Å². The zero-order valence-corrected chi connectivity index (χ0v) is 15.7. The van der Waals surface area contributed by atoms with E-state index in [1.165, 1.54) is 24.1 Å². The van der Waals surface area contributed by atoms with E-state index in [0.29, 0.717) is 17.1 Å². The van der Waals surface area contributed by atoms with Crippen molar-refractivity contribution in [3.8, 4) is 11.5 Å². The first-order valence-corrected chi connectivity index (χ1v) is 8.43. The maximum absolute atomic E-state index is 12.1. The number of likely N-dealkylation sites (N-methyl/N-ethyl adjacent to an activating group) is 1. The van der Waals surface area contributed by atoms with Crippen molar-refractivity contribution >= 4 is 23.2 Å². The molecule has 2 N–H and O–H groups in total. The highest BCUT2D eigenvalue weighted by atomic mass is 19.4. The summed E-state index contributed by atoms with van der Waals surface area (Å²) in [6.45, 7) is -0.116. The second-order valence-electron chi connectivity index (χ2n) is 6.07. The Hall–Kier alpha value is -3.27. The zero-order valence-electron chi connectivity index (χ0n) is 15.7. The Labute approximate surface area is 165 Å². The monoisotopic (exact) mass is 411 g/mol. The third-order valence-electron chi connectivity index (χ3n) is 3.57. The molecule has 156 valence electrons. The van der Waals surface area contributed by atoms with Gasteiger partial charge in [-0.25, -0.2) is 0 Å². The summed E-state index contributed by atoms with van der Waals surface area (Å²) in [5, 5.41) is 5.23. The van der Waals surface area contributed by atoms with E-state index >= 15 is 0 Å². The second-order valence-corrected chi connectivity index (χ2v) is 6.07. The van der Waals surface area contributed by atoms with Crippen molar-refractivity contribution in [2.24, 2.45) is 0 Å². The van der Waals surface area contributed by atoms with Crippen molar-refractivity contribution in [3.63, 3.8) is 0 Å². The van der Waals surface area contributed by atoms with Crippen molar-refractivity contribution in [2.75, 3.05) is 37.9 Å². The Morgan fingerprint density at radius 3 is 1.66 bits per heavy atom. The number of anilines is 2. The molecule has 0 unspecified atom stereocenters. The molecule has 10 heteroatoms. The van der Waals surface area contributed by atoms with Gasteiger partial charge in [0.1, 0.15) is 11.5 Å². The molecule has 0 fully saturated rings. The minimum absolute atomic E-state index is 0.0300. The van der Waals surface area contributed by atoms with Gasteiger partial charge in [-0.05, 0) is 55.6 Å². The van der Waals surface area contributed by atoms with Gasteiger partial charge in [0.2, 0.25) is 11.8 Å². The Balaban J connectivity index is 1.78. The molecule has 2 aromatic rings. The number of halogens is 3. The highest BCUT2D eigenvalue weighted by Gasteiger charge is 2.30. The van der Waals surface area contributed by atoms with Crippen molar-refractivity contribution in [3.05, 3.63) is 48.5 Å². The molecule has 2 aromatic carbocycles. The van der Waals surface area contributed by atoms with E-state index in [-0.39, 0.29) is 24.7 Å². The van der Waals surface area contributed by atoms with Crippen molar-refractivity contribution in [2.45, 2.75) is 6.36 Å². The highest BCUT2D eigenvalue weighted by Crippen LogP contribution is 2.23. The number of ether oxygens (including phenoxy) is 2. The van der Waals surface area contributed by atoms with Gasteiger partial charge in [-0.1, -0.05) is 0 Å². The topological polar surface area (TPSA) is 79.9 Å². The van der Waals surface area contributed by atoms with Gasteiger partial charge in [0, 0.05) is 11.4 Å². The number of alkyl halides is 3. The lowest BCUT2D eigenvalue weighted by atomic mass is 10.3. The number of carbonyl (C=O) groups is 2. The maximum Gasteiger partial charge on any atom is 0.573 e. The van der Waals surface area contributed by atoms with E-state index in [1.54, 1.807) is 31.3 Å². The first-order valence-electron chi connectivity index (χ1n) is 8.43. The Morgan fingerprint density at radius 1 is 0.862 bits per heavy atom. The molecular formula is C19H20F3N3O4. The van der Waals surface area contributed by atoms with Crippen LogP contribution in [0.5, 0.6) is 11.5 Å². The van der Waals surface area contributed by atoms with Crippen LogP contribution in [0.1, 0.15) is 0 Å². The van der Waals surface area contributed by atoms with Gasteiger partial charge < -0.3 is 20.1 Å². The fraction of sp³-hybridized carbons (Fsp3) is 0.263. The molecule has 0 saturated heterocycles. The Morgan fingerprint density at radius 2 is 1.28 bits per heavy atom. The summed E-state index contributed by atoms with van der Waals surface area (Å²) in [4.78, 5) is 25.6. The number of carbonyl (C=O) groups excluding carboxylic acids is 2. The minimum Gasteiger partial charge on any atom is -0.497 e. The summed E-state index contributed by atoms with van der Waals surface area (Å²) in [6.07, 6.45) is -4.78. The SMILES string of the molecule is COc1ccc(NC(=O)CN(C)CC(=O)Nc2ccc(OC(F)(F)F)cc2)cc1. The molecule has 0 atom stereocenters. The second kappa shape index (κ2) is 9.78. The quantitative estimate of drug-likeness (QED) is 0.698. The molecule has 0 radical (unpaired) electrons. The van der Waals surface area contributed by atoms with E-state index in [4.69, 9.17) is 4.74 Å². The molecule has 7 nitrogen and oxygen atoms in total. The lowest BCUT2D eigenvalue weighted by Gasteiger charge is -2.16. The molecule has 0 aliphatic heterocycles. The van der Waals surface area contributed by atoms with Gasteiger partial charge in [-0.15, -0.1) is 13.2 Å². The molecule has 0 aliphatic rings. The van der Waals surface area contributed by atoms with E-state index in [2.05, 4.69) is 15.4 Å². The lowest BCUT2D eigenvalue weighted by molar-refractivity contribution is -0.274. The summed E-state index contributed by atoms with van der Waals surface area (Å²) in [6, 6.07) is 11.6. The van der Waals surface area contributed by atoms with E-state index in [1.807, 2.05) is 0 Å². The maximum atomic E-state index is 12.1. The van der Waals surface area contributed by atoms with Crippen LogP contribution in [0, 0.1) is 0 Å². The summed E-state index contributed by atoms with van der Waals surface area (Å²) in [5.74, 6) is -0.453. The van der Waals surface area contributed by atoms with Crippen LogP contribution in [0.4, 0.5) is 24.5 Å². The van der Waals surface area contributed by atoms with Gasteiger partial charge in [-0.3, -0.25) is 14.5 Å². The van der Waals surface area contributed by atoms with Crippen LogP contribution in [0.2, 0.25) is 0 Å². The Bertz CT molecular complexity index is 824. The molecule has 0 heterocycles. The third kappa shape index (κ3) is 8.09. The third-order valence-corrected chi connectivity index (χ3v) is 3.57. The zero-order chi connectivity index (χ0) is 21.4. The predicted molar refractivity (Wildman–Crippen MR) is 101 cm³/mol. The van der Waals surface area contributed by atoms with Crippen molar-refractivity contribution in [1.29, 1.82) is 0 Å². The van der Waals surface area contributed by atoms with Crippen molar-refractivity contribution < 1.29 is 32.2 Å². The van der Waals surface area contributed by atoms with Gasteiger partial charge in [-0.2, -0.15) is 0 Å². The first-order chi connectivity index (χ1) is 13.6. The van der Waals surface area contributed by atoms with Crippen molar-refractivity contribution in [1.82, 2.24) is 4.90 Å². The van der Waals surface area contributed by atoms with Gasteiger partial charge >= 0.3 is 6.36 Å².